The molecule has 2 aromatic rings. The lowest BCUT2D eigenvalue weighted by Crippen LogP contribution is -2.08. The van der Waals surface area contributed by atoms with Crippen LogP contribution in [0.15, 0.2) is 54.1 Å². The summed E-state index contributed by atoms with van der Waals surface area (Å²) in [7, 11) is 0. The maximum atomic E-state index is 10.6. The van der Waals surface area contributed by atoms with Crippen LogP contribution in [0.3, 0.4) is 0 Å². The summed E-state index contributed by atoms with van der Waals surface area (Å²) in [4.78, 5) is 10.6. The molecular weight excluding hydrogens is 336 g/mol. The predicted octanol–water partition coefficient (Wildman–Crippen LogP) is 5.81. The van der Waals surface area contributed by atoms with Crippen LogP contribution < -0.4 is 4.74 Å². The van der Waals surface area contributed by atoms with Crippen molar-refractivity contribution in [1.82, 2.24) is 0 Å². The molecule has 27 heavy (non-hydrogen) atoms. The third kappa shape index (κ3) is 5.72. The summed E-state index contributed by atoms with van der Waals surface area (Å²) >= 11 is 0. The van der Waals surface area contributed by atoms with E-state index < -0.39 is 5.97 Å². The van der Waals surface area contributed by atoms with E-state index in [1.807, 2.05) is 24.3 Å². The molecule has 0 bridgehead atoms. The van der Waals surface area contributed by atoms with Crippen molar-refractivity contribution in [3.63, 3.8) is 0 Å². The zero-order chi connectivity index (χ0) is 19.1. The van der Waals surface area contributed by atoms with Crippen LogP contribution in [0, 0.1) is 6.92 Å². The van der Waals surface area contributed by atoms with Crippen molar-refractivity contribution in [2.45, 2.75) is 51.9 Å². The molecule has 0 saturated heterocycles. The van der Waals surface area contributed by atoms with Gasteiger partial charge in [-0.05, 0) is 79.9 Å². The van der Waals surface area contributed by atoms with Crippen molar-refractivity contribution in [3.8, 4) is 5.75 Å². The summed E-state index contributed by atoms with van der Waals surface area (Å²) in [6.45, 7) is 2.76. The quantitative estimate of drug-likeness (QED) is 0.643. The number of allylic oxidation sites excluding steroid dienone is 1. The number of rotatable bonds is 8. The van der Waals surface area contributed by atoms with Gasteiger partial charge >= 0.3 is 5.97 Å². The molecule has 0 saturated carbocycles. The highest BCUT2D eigenvalue weighted by atomic mass is 16.5. The Bertz CT molecular complexity index is 785. The largest absolute Gasteiger partial charge is 0.489 e. The first kappa shape index (κ1) is 19.2. The SMILES string of the molecule is Cc1ccc(C2=C(COc3ccc(CCCC(=O)O)cc3)CCCC2)cc1. The van der Waals surface area contributed by atoms with Crippen molar-refractivity contribution in [2.24, 2.45) is 0 Å². The van der Waals surface area contributed by atoms with Gasteiger partial charge in [0.15, 0.2) is 0 Å². The first-order chi connectivity index (χ1) is 13.1. The normalized spacial score (nSPS) is 14.3. The van der Waals surface area contributed by atoms with Crippen LogP contribution >= 0.6 is 0 Å². The molecule has 0 unspecified atom stereocenters. The van der Waals surface area contributed by atoms with Crippen LogP contribution in [0.4, 0.5) is 0 Å². The van der Waals surface area contributed by atoms with E-state index in [0.29, 0.717) is 13.0 Å². The Kier molecular flexibility index (Phi) is 6.69. The van der Waals surface area contributed by atoms with Gasteiger partial charge in [0.1, 0.15) is 12.4 Å². The maximum absolute atomic E-state index is 10.6. The third-order valence-electron chi connectivity index (χ3n) is 5.17. The van der Waals surface area contributed by atoms with Crippen molar-refractivity contribution >= 4 is 11.5 Å². The molecule has 3 rings (SSSR count). The molecule has 0 spiro atoms. The van der Waals surface area contributed by atoms with E-state index in [9.17, 15) is 4.79 Å². The van der Waals surface area contributed by atoms with Crippen molar-refractivity contribution in [2.75, 3.05) is 6.61 Å². The molecule has 0 aliphatic heterocycles. The molecule has 0 amide bonds. The lowest BCUT2D eigenvalue weighted by atomic mass is 9.87. The number of carbonyl (C=O) groups is 1. The smallest absolute Gasteiger partial charge is 0.303 e. The van der Waals surface area contributed by atoms with Gasteiger partial charge < -0.3 is 9.84 Å². The van der Waals surface area contributed by atoms with E-state index in [-0.39, 0.29) is 6.42 Å². The fraction of sp³-hybridized carbons (Fsp3) is 0.375. The van der Waals surface area contributed by atoms with Crippen molar-refractivity contribution in [3.05, 3.63) is 70.8 Å². The Balaban J connectivity index is 1.62. The second-order valence-corrected chi connectivity index (χ2v) is 7.34. The van der Waals surface area contributed by atoms with Gasteiger partial charge in [0.2, 0.25) is 0 Å². The number of benzene rings is 2. The van der Waals surface area contributed by atoms with Gasteiger partial charge in [-0.25, -0.2) is 0 Å². The molecule has 0 aromatic heterocycles. The summed E-state index contributed by atoms with van der Waals surface area (Å²) in [5.74, 6) is 0.137. The molecule has 0 heterocycles. The molecule has 1 aliphatic carbocycles. The van der Waals surface area contributed by atoms with Crippen LogP contribution in [0.1, 0.15) is 55.2 Å². The van der Waals surface area contributed by atoms with Crippen molar-refractivity contribution < 1.29 is 14.6 Å². The minimum absolute atomic E-state index is 0.216. The Hall–Kier alpha value is -2.55. The Morgan fingerprint density at radius 3 is 2.41 bits per heavy atom. The molecule has 142 valence electrons. The molecule has 3 nitrogen and oxygen atoms in total. The average molecular weight is 364 g/mol. The molecular formula is C24H28O3. The highest BCUT2D eigenvalue weighted by molar-refractivity contribution is 5.70. The van der Waals surface area contributed by atoms with E-state index in [1.54, 1.807) is 0 Å². The van der Waals surface area contributed by atoms with Gasteiger partial charge in [-0.1, -0.05) is 42.0 Å². The first-order valence-electron chi connectivity index (χ1n) is 9.83. The summed E-state index contributed by atoms with van der Waals surface area (Å²) in [5, 5.41) is 8.72. The van der Waals surface area contributed by atoms with Gasteiger partial charge in [-0.15, -0.1) is 0 Å². The Morgan fingerprint density at radius 1 is 1.00 bits per heavy atom. The molecule has 0 fully saturated rings. The first-order valence-corrected chi connectivity index (χ1v) is 9.83. The summed E-state index contributed by atoms with van der Waals surface area (Å²) in [5.41, 5.74) is 6.63. The second-order valence-electron chi connectivity index (χ2n) is 7.34. The van der Waals surface area contributed by atoms with Crippen LogP contribution in [0.2, 0.25) is 0 Å². The molecule has 1 N–H and O–H groups in total. The van der Waals surface area contributed by atoms with E-state index in [0.717, 1.165) is 30.6 Å². The standard InChI is InChI=1S/C24H28O3/c1-18-9-13-20(14-10-18)23-7-3-2-6-21(23)17-27-22-15-11-19(12-16-22)5-4-8-24(25)26/h9-16H,2-8,17H2,1H3,(H,25,26). The minimum Gasteiger partial charge on any atom is -0.489 e. The lowest BCUT2D eigenvalue weighted by molar-refractivity contribution is -0.137. The number of aliphatic carboxylic acids is 1. The molecule has 2 aromatic carbocycles. The zero-order valence-corrected chi connectivity index (χ0v) is 16.0. The van der Waals surface area contributed by atoms with Crippen LogP contribution in [-0.4, -0.2) is 17.7 Å². The Labute approximate surface area is 161 Å². The van der Waals surface area contributed by atoms with E-state index in [2.05, 4.69) is 31.2 Å². The Morgan fingerprint density at radius 2 is 1.70 bits per heavy atom. The molecule has 0 radical (unpaired) electrons. The lowest BCUT2D eigenvalue weighted by Gasteiger charge is -2.21. The van der Waals surface area contributed by atoms with Gasteiger partial charge in [0.25, 0.3) is 0 Å². The minimum atomic E-state index is -0.736. The maximum Gasteiger partial charge on any atom is 0.303 e. The fourth-order valence-electron chi connectivity index (χ4n) is 3.60. The number of ether oxygens (including phenoxy) is 1. The van der Waals surface area contributed by atoms with E-state index in [1.165, 1.54) is 35.1 Å². The van der Waals surface area contributed by atoms with E-state index in [4.69, 9.17) is 9.84 Å². The summed E-state index contributed by atoms with van der Waals surface area (Å²) in [6.07, 6.45) is 6.39. The number of carboxylic acid groups (broad SMARTS) is 1. The molecule has 0 atom stereocenters. The molecule has 1 aliphatic rings. The van der Waals surface area contributed by atoms with Gasteiger partial charge in [0, 0.05) is 6.42 Å². The summed E-state index contributed by atoms with van der Waals surface area (Å²) in [6, 6.07) is 16.9. The van der Waals surface area contributed by atoms with Gasteiger partial charge in [-0.3, -0.25) is 4.79 Å². The predicted molar refractivity (Wildman–Crippen MR) is 109 cm³/mol. The van der Waals surface area contributed by atoms with Gasteiger partial charge in [0.05, 0.1) is 0 Å². The van der Waals surface area contributed by atoms with Crippen LogP contribution in [0.5, 0.6) is 5.75 Å². The average Bonchev–Trinajstić information content (AvgIpc) is 2.68. The highest BCUT2D eigenvalue weighted by Crippen LogP contribution is 2.33. The third-order valence-corrected chi connectivity index (χ3v) is 5.17. The number of carboxylic acids is 1. The number of hydrogen-bond donors (Lipinski definition) is 1. The van der Waals surface area contributed by atoms with Crippen LogP contribution in [-0.2, 0) is 11.2 Å². The summed E-state index contributed by atoms with van der Waals surface area (Å²) < 4.78 is 6.07. The van der Waals surface area contributed by atoms with Crippen molar-refractivity contribution in [1.29, 1.82) is 0 Å². The number of hydrogen-bond acceptors (Lipinski definition) is 2. The molecule has 3 heteroatoms. The fourth-order valence-corrected chi connectivity index (χ4v) is 3.60. The second kappa shape index (κ2) is 9.40. The van der Waals surface area contributed by atoms with Crippen LogP contribution in [0.25, 0.3) is 5.57 Å². The number of aryl methyl sites for hydroxylation is 2. The van der Waals surface area contributed by atoms with E-state index >= 15 is 0 Å². The topological polar surface area (TPSA) is 46.5 Å². The zero-order valence-electron chi connectivity index (χ0n) is 16.0. The van der Waals surface area contributed by atoms with Gasteiger partial charge in [-0.2, -0.15) is 0 Å². The highest BCUT2D eigenvalue weighted by Gasteiger charge is 2.15. The monoisotopic (exact) mass is 364 g/mol.